The second kappa shape index (κ2) is 9.03. The summed E-state index contributed by atoms with van der Waals surface area (Å²) in [6, 6.07) is 17.0. The Bertz CT molecular complexity index is 809. The maximum Gasteiger partial charge on any atom is 0.253 e. The number of nitrogens with one attached hydrogen (secondary N) is 1. The van der Waals surface area contributed by atoms with Crippen LogP contribution in [0, 0.1) is 0 Å². The first kappa shape index (κ1) is 18.7. The SMILES string of the molecule is COc1cccc(C(=O)N2CCC(NC(=O)/C=C/c3ccccc3)CC2)c1. The Morgan fingerprint density at radius 3 is 2.52 bits per heavy atom. The maximum atomic E-state index is 12.6. The number of ether oxygens (including phenoxy) is 1. The summed E-state index contributed by atoms with van der Waals surface area (Å²) < 4.78 is 5.18. The molecule has 0 aromatic heterocycles. The Morgan fingerprint density at radius 2 is 1.81 bits per heavy atom. The Kier molecular flexibility index (Phi) is 6.26. The monoisotopic (exact) mass is 364 g/mol. The molecule has 2 aromatic carbocycles. The van der Waals surface area contributed by atoms with E-state index >= 15 is 0 Å². The molecule has 1 saturated heterocycles. The summed E-state index contributed by atoms with van der Waals surface area (Å²) in [5, 5.41) is 3.02. The van der Waals surface area contributed by atoms with Crippen molar-refractivity contribution in [3.8, 4) is 5.75 Å². The fourth-order valence-corrected chi connectivity index (χ4v) is 3.15. The van der Waals surface area contributed by atoms with Crippen LogP contribution in [0.2, 0.25) is 0 Å². The number of hydrogen-bond acceptors (Lipinski definition) is 3. The minimum absolute atomic E-state index is 0.00245. The van der Waals surface area contributed by atoms with Gasteiger partial charge in [0.1, 0.15) is 5.75 Å². The number of methoxy groups -OCH3 is 1. The van der Waals surface area contributed by atoms with Gasteiger partial charge >= 0.3 is 0 Å². The lowest BCUT2D eigenvalue weighted by Gasteiger charge is -2.32. The molecule has 1 fully saturated rings. The molecular weight excluding hydrogens is 340 g/mol. The molecule has 0 atom stereocenters. The Morgan fingerprint density at radius 1 is 1.07 bits per heavy atom. The minimum atomic E-state index is -0.101. The number of rotatable bonds is 5. The third kappa shape index (κ3) is 5.20. The van der Waals surface area contributed by atoms with Crippen molar-refractivity contribution < 1.29 is 14.3 Å². The standard InChI is InChI=1S/C22H24N2O3/c1-27-20-9-5-8-18(16-20)22(26)24-14-12-19(13-15-24)23-21(25)11-10-17-6-3-2-4-7-17/h2-11,16,19H,12-15H2,1H3,(H,23,25)/b11-10+. The number of benzene rings is 2. The van der Waals surface area contributed by atoms with E-state index in [0.717, 1.165) is 18.4 Å². The minimum Gasteiger partial charge on any atom is -0.497 e. The summed E-state index contributed by atoms with van der Waals surface area (Å²) >= 11 is 0. The van der Waals surface area contributed by atoms with E-state index in [1.165, 1.54) is 0 Å². The second-order valence-corrected chi connectivity index (χ2v) is 6.55. The Hall–Kier alpha value is -3.08. The van der Waals surface area contributed by atoms with Crippen molar-refractivity contribution in [3.63, 3.8) is 0 Å². The number of amides is 2. The lowest BCUT2D eigenvalue weighted by molar-refractivity contribution is -0.117. The molecular formula is C22H24N2O3. The van der Waals surface area contributed by atoms with Gasteiger partial charge < -0.3 is 15.0 Å². The van der Waals surface area contributed by atoms with E-state index in [9.17, 15) is 9.59 Å². The van der Waals surface area contributed by atoms with Gasteiger partial charge in [-0.25, -0.2) is 0 Å². The van der Waals surface area contributed by atoms with Crippen LogP contribution in [0.15, 0.2) is 60.7 Å². The zero-order valence-electron chi connectivity index (χ0n) is 15.4. The lowest BCUT2D eigenvalue weighted by atomic mass is 10.0. The van der Waals surface area contributed by atoms with Gasteiger partial charge in [0.15, 0.2) is 0 Å². The lowest BCUT2D eigenvalue weighted by Crippen LogP contribution is -2.46. The van der Waals surface area contributed by atoms with Gasteiger partial charge in [0.25, 0.3) is 5.91 Å². The van der Waals surface area contributed by atoms with Gasteiger partial charge in [-0.3, -0.25) is 9.59 Å². The number of likely N-dealkylation sites (tertiary alicyclic amines) is 1. The number of piperidine rings is 1. The zero-order valence-corrected chi connectivity index (χ0v) is 15.4. The number of carbonyl (C=O) groups excluding carboxylic acids is 2. The Balaban J connectivity index is 1.49. The second-order valence-electron chi connectivity index (χ2n) is 6.55. The molecule has 1 N–H and O–H groups in total. The summed E-state index contributed by atoms with van der Waals surface area (Å²) in [5.74, 6) is 0.576. The normalized spacial score (nSPS) is 14.9. The van der Waals surface area contributed by atoms with E-state index in [4.69, 9.17) is 4.74 Å². The fourth-order valence-electron chi connectivity index (χ4n) is 3.15. The highest BCUT2D eigenvalue weighted by molar-refractivity contribution is 5.95. The van der Waals surface area contributed by atoms with E-state index in [1.807, 2.05) is 47.4 Å². The molecule has 1 aliphatic rings. The van der Waals surface area contributed by atoms with Gasteiger partial charge in [-0.2, -0.15) is 0 Å². The van der Waals surface area contributed by atoms with Gasteiger partial charge in [-0.15, -0.1) is 0 Å². The van der Waals surface area contributed by atoms with Crippen LogP contribution < -0.4 is 10.1 Å². The molecule has 140 valence electrons. The average Bonchev–Trinajstić information content (AvgIpc) is 2.73. The average molecular weight is 364 g/mol. The largest absolute Gasteiger partial charge is 0.497 e. The van der Waals surface area contributed by atoms with Crippen molar-refractivity contribution in [2.24, 2.45) is 0 Å². The number of hydrogen-bond donors (Lipinski definition) is 1. The fraction of sp³-hybridized carbons (Fsp3) is 0.273. The third-order valence-electron chi connectivity index (χ3n) is 4.67. The van der Waals surface area contributed by atoms with E-state index in [2.05, 4.69) is 5.32 Å². The highest BCUT2D eigenvalue weighted by Gasteiger charge is 2.24. The molecule has 2 amide bonds. The van der Waals surface area contributed by atoms with Crippen molar-refractivity contribution in [1.29, 1.82) is 0 Å². The smallest absolute Gasteiger partial charge is 0.253 e. The summed E-state index contributed by atoms with van der Waals surface area (Å²) in [4.78, 5) is 26.6. The first-order chi connectivity index (χ1) is 13.2. The molecule has 0 saturated carbocycles. The predicted molar refractivity (Wildman–Crippen MR) is 106 cm³/mol. The van der Waals surface area contributed by atoms with Crippen molar-refractivity contribution in [2.75, 3.05) is 20.2 Å². The molecule has 2 aromatic rings. The molecule has 1 aliphatic heterocycles. The molecule has 0 bridgehead atoms. The van der Waals surface area contributed by atoms with E-state index in [1.54, 1.807) is 31.4 Å². The predicted octanol–water partition coefficient (Wildman–Crippen LogP) is 3.13. The molecule has 0 aliphatic carbocycles. The molecule has 0 spiro atoms. The molecule has 5 nitrogen and oxygen atoms in total. The number of carbonyl (C=O) groups is 2. The number of nitrogens with zero attached hydrogens (tertiary/aromatic N) is 1. The zero-order chi connectivity index (χ0) is 19.1. The van der Waals surface area contributed by atoms with Crippen LogP contribution in [0.5, 0.6) is 5.75 Å². The van der Waals surface area contributed by atoms with Crippen LogP contribution in [-0.2, 0) is 4.79 Å². The van der Waals surface area contributed by atoms with E-state index in [-0.39, 0.29) is 17.9 Å². The molecule has 0 unspecified atom stereocenters. The van der Waals surface area contributed by atoms with Gasteiger partial charge in [-0.05, 0) is 42.7 Å². The van der Waals surface area contributed by atoms with Gasteiger partial charge in [0.2, 0.25) is 5.91 Å². The first-order valence-electron chi connectivity index (χ1n) is 9.12. The first-order valence-corrected chi connectivity index (χ1v) is 9.12. The van der Waals surface area contributed by atoms with Gasteiger partial charge in [0, 0.05) is 30.8 Å². The van der Waals surface area contributed by atoms with Crippen LogP contribution in [0.25, 0.3) is 6.08 Å². The molecule has 0 radical (unpaired) electrons. The van der Waals surface area contributed by atoms with Crippen LogP contribution >= 0.6 is 0 Å². The van der Waals surface area contributed by atoms with Crippen LogP contribution in [0.4, 0.5) is 0 Å². The molecule has 1 heterocycles. The van der Waals surface area contributed by atoms with Gasteiger partial charge in [0.05, 0.1) is 7.11 Å². The highest BCUT2D eigenvalue weighted by Crippen LogP contribution is 2.18. The topological polar surface area (TPSA) is 58.6 Å². The van der Waals surface area contributed by atoms with Gasteiger partial charge in [-0.1, -0.05) is 36.4 Å². The quantitative estimate of drug-likeness (QED) is 0.830. The summed E-state index contributed by atoms with van der Waals surface area (Å²) in [6.45, 7) is 1.26. The molecule has 5 heteroatoms. The van der Waals surface area contributed by atoms with Crippen molar-refractivity contribution in [1.82, 2.24) is 10.2 Å². The Labute approximate surface area is 159 Å². The third-order valence-corrected chi connectivity index (χ3v) is 4.67. The summed E-state index contributed by atoms with van der Waals surface area (Å²) in [7, 11) is 1.59. The van der Waals surface area contributed by atoms with Crippen LogP contribution in [0.3, 0.4) is 0 Å². The summed E-state index contributed by atoms with van der Waals surface area (Å²) in [6.07, 6.45) is 4.86. The summed E-state index contributed by atoms with van der Waals surface area (Å²) in [5.41, 5.74) is 1.62. The maximum absolute atomic E-state index is 12.6. The highest BCUT2D eigenvalue weighted by atomic mass is 16.5. The van der Waals surface area contributed by atoms with Crippen molar-refractivity contribution in [3.05, 3.63) is 71.8 Å². The van der Waals surface area contributed by atoms with Crippen LogP contribution in [0.1, 0.15) is 28.8 Å². The van der Waals surface area contributed by atoms with E-state index in [0.29, 0.717) is 24.4 Å². The van der Waals surface area contributed by atoms with E-state index < -0.39 is 0 Å². The molecule has 3 rings (SSSR count). The van der Waals surface area contributed by atoms with Crippen molar-refractivity contribution >= 4 is 17.9 Å². The van der Waals surface area contributed by atoms with Crippen molar-refractivity contribution in [2.45, 2.75) is 18.9 Å². The molecule has 27 heavy (non-hydrogen) atoms. The van der Waals surface area contributed by atoms with Crippen LogP contribution in [-0.4, -0.2) is 43.0 Å².